The number of β-amino-alcohol motifs (C(OH)–C–C–N with tert-alkyl or cyclic N) is 1. The maximum absolute atomic E-state index is 12.8. The molecule has 156 valence electrons. The van der Waals surface area contributed by atoms with Crippen LogP contribution in [0.25, 0.3) is 0 Å². The number of carbonyl (C=O) groups is 1. The monoisotopic (exact) mass is 457 g/mol. The van der Waals surface area contributed by atoms with E-state index in [0.717, 1.165) is 25.9 Å². The van der Waals surface area contributed by atoms with E-state index >= 15 is 0 Å². The van der Waals surface area contributed by atoms with E-state index in [2.05, 4.69) is 26.1 Å². The fourth-order valence-electron chi connectivity index (χ4n) is 3.59. The maximum Gasteiger partial charge on any atom is 0.255 e. The Kier molecular flexibility index (Phi) is 7.39. The van der Waals surface area contributed by atoms with Gasteiger partial charge in [-0.1, -0.05) is 0 Å². The Morgan fingerprint density at radius 3 is 2.82 bits per heavy atom. The predicted molar refractivity (Wildman–Crippen MR) is 109 cm³/mol. The molecule has 0 unspecified atom stereocenters. The van der Waals surface area contributed by atoms with Crippen molar-refractivity contribution < 1.29 is 24.5 Å². The largest absolute Gasteiger partial charge is 0.489 e. The Morgan fingerprint density at radius 2 is 2.11 bits per heavy atom. The number of aliphatic hydroxyl groups is 2. The third-order valence-electron chi connectivity index (χ3n) is 5.19. The number of nitrogen functional groups attached to an aromatic ring is 1. The average molecular weight is 458 g/mol. The molecule has 1 amide bonds. The van der Waals surface area contributed by atoms with E-state index in [0.29, 0.717) is 59.9 Å². The van der Waals surface area contributed by atoms with Crippen LogP contribution in [0.2, 0.25) is 0 Å². The van der Waals surface area contributed by atoms with Crippen molar-refractivity contribution in [2.24, 2.45) is 5.92 Å². The summed E-state index contributed by atoms with van der Waals surface area (Å²) in [6.45, 7) is 3.66. The van der Waals surface area contributed by atoms with Crippen LogP contribution < -0.4 is 20.5 Å². The Morgan fingerprint density at radius 1 is 1.36 bits per heavy atom. The van der Waals surface area contributed by atoms with Crippen molar-refractivity contribution in [1.82, 2.24) is 10.2 Å². The summed E-state index contributed by atoms with van der Waals surface area (Å²) in [4.78, 5) is 14.9. The molecule has 9 heteroatoms. The Bertz CT molecular complexity index is 703. The average Bonchev–Trinajstić information content (AvgIpc) is 2.94. The molecule has 1 fully saturated rings. The van der Waals surface area contributed by atoms with Crippen LogP contribution in [-0.4, -0.2) is 73.1 Å². The second-order valence-corrected chi connectivity index (χ2v) is 8.03. The molecule has 5 N–H and O–H groups in total. The first-order valence-corrected chi connectivity index (χ1v) is 10.5. The number of rotatable bonds is 6. The number of likely N-dealkylation sites (tertiary alicyclic amines) is 1. The molecule has 0 radical (unpaired) electrons. The lowest BCUT2D eigenvalue weighted by Crippen LogP contribution is -2.48. The molecular formula is C19H28BrN3O5. The number of halogens is 1. The Balaban J connectivity index is 1.63. The van der Waals surface area contributed by atoms with Gasteiger partial charge in [-0.3, -0.25) is 4.79 Å². The normalized spacial score (nSPS) is 22.5. The summed E-state index contributed by atoms with van der Waals surface area (Å²) in [7, 11) is 0. The van der Waals surface area contributed by atoms with Gasteiger partial charge in [0.05, 0.1) is 35.0 Å². The van der Waals surface area contributed by atoms with E-state index in [9.17, 15) is 9.90 Å². The number of nitrogens with zero attached hydrogens (tertiary/aromatic N) is 1. The number of piperidine rings is 1. The number of carbonyl (C=O) groups excluding carboxylic acids is 1. The highest BCUT2D eigenvalue weighted by Gasteiger charge is 2.29. The summed E-state index contributed by atoms with van der Waals surface area (Å²) in [5.41, 5.74) is 6.77. The van der Waals surface area contributed by atoms with Crippen LogP contribution in [0.1, 0.15) is 29.6 Å². The van der Waals surface area contributed by atoms with E-state index in [1.54, 1.807) is 6.07 Å². The lowest BCUT2D eigenvalue weighted by molar-refractivity contribution is 0.0201. The molecular weight excluding hydrogens is 430 g/mol. The lowest BCUT2D eigenvalue weighted by atomic mass is 9.93. The highest BCUT2D eigenvalue weighted by Crippen LogP contribution is 2.43. The molecule has 1 aromatic carbocycles. The van der Waals surface area contributed by atoms with Gasteiger partial charge in [0.15, 0.2) is 11.5 Å². The number of anilines is 1. The third kappa shape index (κ3) is 4.89. The van der Waals surface area contributed by atoms with Crippen molar-refractivity contribution >= 4 is 27.5 Å². The molecule has 2 aliphatic rings. The Hall–Kier alpha value is -1.55. The van der Waals surface area contributed by atoms with Gasteiger partial charge in [0.25, 0.3) is 5.91 Å². The molecule has 28 heavy (non-hydrogen) atoms. The van der Waals surface area contributed by atoms with E-state index < -0.39 is 6.10 Å². The van der Waals surface area contributed by atoms with Crippen molar-refractivity contribution in [1.29, 1.82) is 0 Å². The molecule has 0 aromatic heterocycles. The van der Waals surface area contributed by atoms with Gasteiger partial charge in [0, 0.05) is 38.6 Å². The van der Waals surface area contributed by atoms with Crippen LogP contribution in [0.15, 0.2) is 10.5 Å². The van der Waals surface area contributed by atoms with Crippen LogP contribution >= 0.6 is 15.9 Å². The van der Waals surface area contributed by atoms with Crippen LogP contribution in [0.4, 0.5) is 5.69 Å². The van der Waals surface area contributed by atoms with Gasteiger partial charge in [-0.25, -0.2) is 0 Å². The van der Waals surface area contributed by atoms with Crippen molar-refractivity contribution in [3.8, 4) is 11.5 Å². The second-order valence-electron chi connectivity index (χ2n) is 7.24. The fraction of sp³-hybridized carbons (Fsp3) is 0.632. The highest BCUT2D eigenvalue weighted by atomic mass is 79.9. The first-order valence-electron chi connectivity index (χ1n) is 9.68. The molecule has 3 rings (SSSR count). The number of nitrogens with two attached hydrogens (primary N) is 1. The van der Waals surface area contributed by atoms with E-state index in [-0.39, 0.29) is 18.4 Å². The van der Waals surface area contributed by atoms with E-state index in [1.165, 1.54) is 0 Å². The number of hydrogen-bond acceptors (Lipinski definition) is 7. The standard InChI is InChI=1S/C19H28BrN3O5/c20-16-14(21)9-13(17-18(16)28-8-2-7-27-17)19(26)22-10-12-3-5-23(4-1-6-24)11-15(12)25/h9,12,15,24-25H,1-8,10-11,21H2,(H,22,26)/t12-,15+/m0/s1. The van der Waals surface area contributed by atoms with Crippen molar-refractivity contribution in [3.05, 3.63) is 16.1 Å². The number of hydrogen-bond donors (Lipinski definition) is 4. The topological polar surface area (TPSA) is 117 Å². The lowest BCUT2D eigenvalue weighted by Gasteiger charge is -2.36. The first-order chi connectivity index (χ1) is 13.5. The van der Waals surface area contributed by atoms with Gasteiger partial charge in [-0.2, -0.15) is 0 Å². The third-order valence-corrected chi connectivity index (χ3v) is 6.01. The SMILES string of the molecule is Nc1cc(C(=O)NC[C@@H]2CCN(CCCO)C[C@H]2O)c2c(c1Br)OCCCO2. The number of ether oxygens (including phenoxy) is 2. The van der Waals surface area contributed by atoms with Crippen LogP contribution in [0.5, 0.6) is 11.5 Å². The molecule has 0 aliphatic carbocycles. The van der Waals surface area contributed by atoms with E-state index in [1.807, 2.05) is 0 Å². The Labute approximate surface area is 173 Å². The predicted octanol–water partition coefficient (Wildman–Crippen LogP) is 0.988. The van der Waals surface area contributed by atoms with Crippen molar-refractivity contribution in [2.75, 3.05) is 51.7 Å². The molecule has 2 atom stereocenters. The molecule has 2 heterocycles. The summed E-state index contributed by atoms with van der Waals surface area (Å²) < 4.78 is 12.1. The summed E-state index contributed by atoms with van der Waals surface area (Å²) in [5.74, 6) is 0.545. The molecule has 2 aliphatic heterocycles. The highest BCUT2D eigenvalue weighted by molar-refractivity contribution is 9.10. The van der Waals surface area contributed by atoms with Gasteiger partial charge in [0.2, 0.25) is 0 Å². The van der Waals surface area contributed by atoms with Gasteiger partial charge in [0.1, 0.15) is 0 Å². The number of amides is 1. The smallest absolute Gasteiger partial charge is 0.255 e. The fourth-order valence-corrected chi connectivity index (χ4v) is 3.99. The number of aliphatic hydroxyl groups excluding tert-OH is 2. The van der Waals surface area contributed by atoms with Crippen LogP contribution in [0.3, 0.4) is 0 Å². The minimum atomic E-state index is -0.514. The van der Waals surface area contributed by atoms with Gasteiger partial charge < -0.3 is 35.6 Å². The van der Waals surface area contributed by atoms with Crippen molar-refractivity contribution in [3.63, 3.8) is 0 Å². The molecule has 0 spiro atoms. The zero-order valence-electron chi connectivity index (χ0n) is 15.8. The van der Waals surface area contributed by atoms with Gasteiger partial charge in [-0.15, -0.1) is 0 Å². The summed E-state index contributed by atoms with van der Waals surface area (Å²) in [6, 6.07) is 1.58. The first kappa shape index (κ1) is 21.2. The van der Waals surface area contributed by atoms with E-state index in [4.69, 9.17) is 20.3 Å². The summed E-state index contributed by atoms with van der Waals surface area (Å²) >= 11 is 3.40. The number of benzene rings is 1. The minimum absolute atomic E-state index is 0.0158. The number of nitrogens with one attached hydrogen (secondary N) is 1. The maximum atomic E-state index is 12.8. The van der Waals surface area contributed by atoms with Crippen LogP contribution in [0, 0.1) is 5.92 Å². The van der Waals surface area contributed by atoms with Crippen molar-refractivity contribution in [2.45, 2.75) is 25.4 Å². The van der Waals surface area contributed by atoms with Gasteiger partial charge in [-0.05, 0) is 41.4 Å². The molecule has 1 aromatic rings. The van der Waals surface area contributed by atoms with Gasteiger partial charge >= 0.3 is 0 Å². The quantitative estimate of drug-likeness (QED) is 0.470. The number of fused-ring (bicyclic) bond motifs is 1. The second kappa shape index (κ2) is 9.78. The molecule has 0 bridgehead atoms. The molecule has 8 nitrogen and oxygen atoms in total. The zero-order valence-corrected chi connectivity index (χ0v) is 17.4. The zero-order chi connectivity index (χ0) is 20.1. The molecule has 1 saturated heterocycles. The molecule has 0 saturated carbocycles. The summed E-state index contributed by atoms with van der Waals surface area (Å²) in [5, 5.41) is 22.3. The van der Waals surface area contributed by atoms with Crippen LogP contribution in [-0.2, 0) is 0 Å². The minimum Gasteiger partial charge on any atom is -0.489 e. The summed E-state index contributed by atoms with van der Waals surface area (Å²) in [6.07, 6.45) is 1.70.